The van der Waals surface area contributed by atoms with Gasteiger partial charge in [-0.25, -0.2) is 26.1 Å². The summed E-state index contributed by atoms with van der Waals surface area (Å²) in [5.74, 6) is 3.74. The number of nitrogens with one attached hydrogen (secondary N) is 3. The minimum atomic E-state index is -1.19. The molecule has 49 heavy (non-hydrogen) atoms. The molecule has 0 saturated carbocycles. The van der Waals surface area contributed by atoms with Crippen LogP contribution in [-0.2, 0) is 10.5 Å². The lowest BCUT2D eigenvalue weighted by Gasteiger charge is -2.15. The Morgan fingerprint density at radius 2 is 1.65 bits per heavy atom. The van der Waals surface area contributed by atoms with Crippen molar-refractivity contribution in [1.82, 2.24) is 36.1 Å². The highest BCUT2D eigenvalue weighted by Gasteiger charge is 2.21. The molecule has 0 bridgehead atoms. The van der Waals surface area contributed by atoms with Crippen molar-refractivity contribution in [1.29, 1.82) is 0 Å². The molecule has 0 saturated heterocycles. The van der Waals surface area contributed by atoms with Gasteiger partial charge in [0.1, 0.15) is 6.04 Å². The fourth-order valence-electron chi connectivity index (χ4n) is 4.21. The summed E-state index contributed by atoms with van der Waals surface area (Å²) in [4.78, 5) is 54.9. The van der Waals surface area contributed by atoms with Crippen molar-refractivity contribution >= 4 is 58.3 Å². The molecule has 262 valence electrons. The molecule has 2 heterocycles. The molecule has 0 aliphatic rings. The number of carboxylic acids is 1. The first-order valence-corrected chi connectivity index (χ1v) is 16.5. The molecule has 1 unspecified atom stereocenters. The summed E-state index contributed by atoms with van der Waals surface area (Å²) in [6.07, 6.45) is 1.95. The Hall–Kier alpha value is -5.55. The number of anilines is 2. The Morgan fingerprint density at radius 3 is 2.31 bits per heavy atom. The predicted molar refractivity (Wildman–Crippen MR) is 192 cm³/mol. The van der Waals surface area contributed by atoms with Crippen LogP contribution in [0.3, 0.4) is 0 Å². The van der Waals surface area contributed by atoms with E-state index in [9.17, 15) is 19.5 Å². The van der Waals surface area contributed by atoms with E-state index in [1.807, 2.05) is 34.6 Å². The smallest absolute Gasteiger partial charge is 0.326 e. The highest BCUT2D eigenvalue weighted by Crippen LogP contribution is 2.24. The number of hydrazone groups is 1. The van der Waals surface area contributed by atoms with E-state index in [1.165, 1.54) is 11.8 Å². The Bertz CT molecular complexity index is 1750. The monoisotopic (exact) mass is 692 g/mol. The molecule has 4 rings (SSSR count). The summed E-state index contributed by atoms with van der Waals surface area (Å²) in [7, 11) is 0. The molecule has 0 spiro atoms. The quantitative estimate of drug-likeness (QED) is 0.0250. The van der Waals surface area contributed by atoms with Gasteiger partial charge in [-0.2, -0.15) is 9.97 Å². The van der Waals surface area contributed by atoms with Gasteiger partial charge in [0.05, 0.1) is 17.5 Å². The van der Waals surface area contributed by atoms with Crippen molar-refractivity contribution in [3.05, 3.63) is 76.6 Å². The number of carboxylic acid groups (broad SMARTS) is 1. The van der Waals surface area contributed by atoms with Crippen LogP contribution in [0.15, 0.2) is 58.7 Å². The van der Waals surface area contributed by atoms with Crippen LogP contribution in [0.4, 0.5) is 11.8 Å². The highest BCUT2D eigenvalue weighted by atomic mass is 32.2. The number of hydrogen-bond donors (Lipinski definition) is 8. The second-order valence-electron chi connectivity index (χ2n) is 9.75. The van der Waals surface area contributed by atoms with Crippen LogP contribution in [0.5, 0.6) is 0 Å². The summed E-state index contributed by atoms with van der Waals surface area (Å²) in [5, 5.41) is 18.7. The minimum Gasteiger partial charge on any atom is -0.480 e. The average Bonchev–Trinajstić information content (AvgIpc) is 3.10. The zero-order valence-electron chi connectivity index (χ0n) is 28.2. The zero-order valence-corrected chi connectivity index (χ0v) is 29.0. The van der Waals surface area contributed by atoms with Gasteiger partial charge in [0, 0.05) is 28.3 Å². The molecule has 2 aromatic heterocycles. The standard InChI is InChI=1S/C28H32N12O4S.2C2H6/c1-14-4-9-18(19(11-14)22(29)39-40-32)26(42)33-10-2-3-20(27(43)44)36-25(41)15-5-7-17(8-6-15)45-13-16-12-34-24-21(35-16)23(30)37-28(31)38-24;2*1-2/h4-9,11-12,20,40H,2-3,10,13,32H2,1H3,(H2,29,39)(H,33,42)(H,36,41)(H,43,44)(H4,30,31,34,37,38);2*1-2H3. The number of hydrogen-bond acceptors (Lipinski definition) is 13. The van der Waals surface area contributed by atoms with Crippen LogP contribution in [-0.4, -0.2) is 61.2 Å². The number of fused-ring (bicyclic) bond motifs is 1. The van der Waals surface area contributed by atoms with Gasteiger partial charge < -0.3 is 32.9 Å². The van der Waals surface area contributed by atoms with Gasteiger partial charge in [-0.05, 0) is 56.2 Å². The number of benzene rings is 2. The van der Waals surface area contributed by atoms with Crippen molar-refractivity contribution in [3.63, 3.8) is 0 Å². The van der Waals surface area contributed by atoms with E-state index in [0.717, 1.165) is 10.5 Å². The Labute approximate surface area is 288 Å². The third-order valence-corrected chi connectivity index (χ3v) is 7.49. The summed E-state index contributed by atoms with van der Waals surface area (Å²) >= 11 is 1.46. The second kappa shape index (κ2) is 20.0. The van der Waals surface area contributed by atoms with Crippen LogP contribution in [0.25, 0.3) is 11.2 Å². The lowest BCUT2D eigenvalue weighted by molar-refractivity contribution is -0.139. The average molecular weight is 693 g/mol. The van der Waals surface area contributed by atoms with E-state index >= 15 is 0 Å². The van der Waals surface area contributed by atoms with Crippen molar-refractivity contribution in [2.75, 3.05) is 18.0 Å². The molecular weight excluding hydrogens is 648 g/mol. The maximum Gasteiger partial charge on any atom is 0.326 e. The van der Waals surface area contributed by atoms with Crippen LogP contribution < -0.4 is 39.2 Å². The summed E-state index contributed by atoms with van der Waals surface area (Å²) in [6, 6.07) is 10.6. The third-order valence-electron chi connectivity index (χ3n) is 6.44. The van der Waals surface area contributed by atoms with Crippen molar-refractivity contribution in [2.24, 2.45) is 16.7 Å². The SMILES string of the molecule is CC.CC.Cc1ccc(C(=O)NCCCC(NC(=O)c2ccc(SCc3cnc4nc(N)nc(N)c4n3)cc2)C(=O)O)c(/C(N)=N/NN)c1. The van der Waals surface area contributed by atoms with Gasteiger partial charge in [0.15, 0.2) is 22.8 Å². The second-order valence-corrected chi connectivity index (χ2v) is 10.8. The normalized spacial score (nSPS) is 11.3. The number of thioether (sulfide) groups is 1. The maximum absolute atomic E-state index is 12.8. The Balaban J connectivity index is 0.00000201. The largest absolute Gasteiger partial charge is 0.480 e. The van der Waals surface area contributed by atoms with Gasteiger partial charge in [-0.3, -0.25) is 9.59 Å². The molecule has 0 radical (unpaired) electrons. The number of nitrogen functional groups attached to an aromatic ring is 2. The highest BCUT2D eigenvalue weighted by molar-refractivity contribution is 7.98. The van der Waals surface area contributed by atoms with Crippen LogP contribution in [0, 0.1) is 6.92 Å². The number of aromatic nitrogens is 4. The third kappa shape index (κ3) is 11.6. The first-order valence-electron chi connectivity index (χ1n) is 15.5. The summed E-state index contributed by atoms with van der Waals surface area (Å²) in [6.45, 7) is 10.0. The molecule has 1 atom stereocenters. The van der Waals surface area contributed by atoms with E-state index < -0.39 is 23.8 Å². The topological polar surface area (TPSA) is 276 Å². The molecule has 0 aliphatic carbocycles. The molecule has 2 amide bonds. The molecule has 17 heteroatoms. The van der Waals surface area contributed by atoms with Gasteiger partial charge in [-0.1, -0.05) is 39.3 Å². The van der Waals surface area contributed by atoms with Gasteiger partial charge >= 0.3 is 5.97 Å². The van der Waals surface area contributed by atoms with Crippen LogP contribution in [0.1, 0.15) is 78.1 Å². The number of carbonyl (C=O) groups excluding carboxylic acids is 2. The van der Waals surface area contributed by atoms with Gasteiger partial charge in [0.2, 0.25) is 5.95 Å². The zero-order chi connectivity index (χ0) is 36.5. The van der Waals surface area contributed by atoms with Crippen molar-refractivity contribution < 1.29 is 19.5 Å². The van der Waals surface area contributed by atoms with E-state index in [0.29, 0.717) is 33.7 Å². The first-order chi connectivity index (χ1) is 23.5. The van der Waals surface area contributed by atoms with E-state index in [1.54, 1.807) is 48.7 Å². The van der Waals surface area contributed by atoms with E-state index in [2.05, 4.69) is 41.2 Å². The van der Waals surface area contributed by atoms with Crippen molar-refractivity contribution in [3.8, 4) is 0 Å². The number of rotatable bonds is 13. The molecule has 16 nitrogen and oxygen atoms in total. The summed E-state index contributed by atoms with van der Waals surface area (Å²) in [5.41, 5.74) is 22.7. The number of aryl methyl sites for hydroxylation is 1. The number of carbonyl (C=O) groups is 3. The lowest BCUT2D eigenvalue weighted by atomic mass is 10.0. The number of aliphatic carboxylic acids is 1. The molecule has 0 aliphatic heterocycles. The minimum absolute atomic E-state index is 0.0197. The van der Waals surface area contributed by atoms with Crippen molar-refractivity contribution in [2.45, 2.75) is 64.2 Å². The van der Waals surface area contributed by atoms with E-state index in [4.69, 9.17) is 23.0 Å². The lowest BCUT2D eigenvalue weighted by Crippen LogP contribution is -2.41. The fourth-order valence-corrected chi connectivity index (χ4v) is 4.99. The molecule has 2 aromatic carbocycles. The maximum atomic E-state index is 12.8. The first kappa shape index (κ1) is 39.6. The van der Waals surface area contributed by atoms with Gasteiger partial charge in [0.25, 0.3) is 11.8 Å². The molecular formula is C32H44N12O4S. The number of nitrogens with zero attached hydrogens (tertiary/aromatic N) is 5. The van der Waals surface area contributed by atoms with Gasteiger partial charge in [-0.15, -0.1) is 16.9 Å². The van der Waals surface area contributed by atoms with Crippen LogP contribution >= 0.6 is 11.8 Å². The Kier molecular flexibility index (Phi) is 16.1. The molecule has 12 N–H and O–H groups in total. The molecule has 4 aromatic rings. The van der Waals surface area contributed by atoms with Crippen LogP contribution in [0.2, 0.25) is 0 Å². The predicted octanol–water partition coefficient (Wildman–Crippen LogP) is 2.71. The number of nitrogens with two attached hydrogens (primary N) is 4. The van der Waals surface area contributed by atoms with E-state index in [-0.39, 0.29) is 42.6 Å². The number of hydrazine groups is 1. The number of amides is 2. The number of amidine groups is 1. The summed E-state index contributed by atoms with van der Waals surface area (Å²) < 4.78 is 0. The molecule has 0 fully saturated rings. The fraction of sp³-hybridized carbons (Fsp3) is 0.312. The Morgan fingerprint density at radius 1 is 0.959 bits per heavy atom.